The van der Waals surface area contributed by atoms with E-state index in [-0.39, 0.29) is 17.1 Å². The highest BCUT2D eigenvalue weighted by Gasteiger charge is 2.31. The Labute approximate surface area is 126 Å². The first-order valence-corrected chi connectivity index (χ1v) is 7.00. The highest BCUT2D eigenvalue weighted by atomic mass is 19.4. The molecule has 120 valence electrons. The number of unbranched alkanes of at least 4 members (excludes halogenated alkanes) is 2. The van der Waals surface area contributed by atoms with Crippen molar-refractivity contribution >= 4 is 0 Å². The van der Waals surface area contributed by atoms with Crippen LogP contribution in [0.2, 0.25) is 0 Å². The topological polar surface area (TPSA) is 47.3 Å². The third-order valence-electron chi connectivity index (χ3n) is 3.14. The number of alkyl halides is 3. The highest BCUT2D eigenvalue weighted by molar-refractivity contribution is 5.70. The van der Waals surface area contributed by atoms with Crippen molar-refractivity contribution in [2.75, 3.05) is 0 Å². The van der Waals surface area contributed by atoms with Gasteiger partial charge < -0.3 is 9.84 Å². The van der Waals surface area contributed by atoms with Gasteiger partial charge in [-0.2, -0.15) is 5.10 Å². The molecule has 0 fully saturated rings. The number of aromatic nitrogens is 2. The fraction of sp³-hybridized carbons (Fsp3) is 0.400. The molecule has 0 aliphatic carbocycles. The van der Waals surface area contributed by atoms with Gasteiger partial charge in [0.2, 0.25) is 0 Å². The maximum atomic E-state index is 12.3. The van der Waals surface area contributed by atoms with E-state index in [9.17, 15) is 18.3 Å². The van der Waals surface area contributed by atoms with E-state index in [4.69, 9.17) is 0 Å². The van der Waals surface area contributed by atoms with Crippen LogP contribution in [0.4, 0.5) is 13.2 Å². The van der Waals surface area contributed by atoms with E-state index in [2.05, 4.69) is 16.8 Å². The molecule has 0 aliphatic heterocycles. The molecule has 0 bridgehead atoms. The summed E-state index contributed by atoms with van der Waals surface area (Å²) in [7, 11) is 0. The van der Waals surface area contributed by atoms with E-state index < -0.39 is 6.36 Å². The van der Waals surface area contributed by atoms with Crippen LogP contribution in [0.1, 0.15) is 26.2 Å². The lowest BCUT2D eigenvalue weighted by Crippen LogP contribution is -2.17. The first-order valence-electron chi connectivity index (χ1n) is 7.00. The second kappa shape index (κ2) is 6.72. The number of phenols is 1. The average molecular weight is 314 g/mol. The number of benzene rings is 1. The lowest BCUT2D eigenvalue weighted by Gasteiger charge is -2.10. The number of ether oxygens (including phenoxy) is 1. The van der Waals surface area contributed by atoms with Crippen LogP contribution in [-0.4, -0.2) is 21.2 Å². The van der Waals surface area contributed by atoms with Crippen LogP contribution < -0.4 is 4.74 Å². The smallest absolute Gasteiger partial charge is 0.507 e. The Kier molecular flexibility index (Phi) is 4.95. The highest BCUT2D eigenvalue weighted by Crippen LogP contribution is 2.34. The normalized spacial score (nSPS) is 11.6. The van der Waals surface area contributed by atoms with Crippen LogP contribution in [0.3, 0.4) is 0 Å². The van der Waals surface area contributed by atoms with Gasteiger partial charge in [0.05, 0.1) is 6.20 Å². The van der Waals surface area contributed by atoms with Gasteiger partial charge in [0.25, 0.3) is 0 Å². The van der Waals surface area contributed by atoms with E-state index in [1.807, 2.05) is 0 Å². The summed E-state index contributed by atoms with van der Waals surface area (Å²) in [6.07, 6.45) is 1.58. The molecule has 1 aromatic carbocycles. The minimum absolute atomic E-state index is 0.123. The number of aromatic hydroxyl groups is 1. The van der Waals surface area contributed by atoms with Crippen LogP contribution in [0.15, 0.2) is 30.6 Å². The zero-order chi connectivity index (χ0) is 16.2. The van der Waals surface area contributed by atoms with Crippen molar-refractivity contribution in [3.63, 3.8) is 0 Å². The van der Waals surface area contributed by atoms with Crippen molar-refractivity contribution in [1.82, 2.24) is 9.78 Å². The molecule has 7 heteroatoms. The SMILES string of the molecule is CCCCCn1cc(-c2cc(OC(F)(F)F)ccc2O)cn1. The number of aryl methyl sites for hydroxylation is 1. The van der Waals surface area contributed by atoms with E-state index in [0.29, 0.717) is 5.56 Å². The van der Waals surface area contributed by atoms with Gasteiger partial charge in [0.15, 0.2) is 0 Å². The number of nitrogens with zero attached hydrogens (tertiary/aromatic N) is 2. The van der Waals surface area contributed by atoms with E-state index >= 15 is 0 Å². The molecule has 2 rings (SSSR count). The molecule has 0 aliphatic rings. The number of phenolic OH excluding ortho intramolecular Hbond substituents is 1. The molecular formula is C15H17F3N2O2. The van der Waals surface area contributed by atoms with Gasteiger partial charge in [-0.25, -0.2) is 0 Å². The summed E-state index contributed by atoms with van der Waals surface area (Å²) in [4.78, 5) is 0. The van der Waals surface area contributed by atoms with Gasteiger partial charge in [-0.3, -0.25) is 4.68 Å². The van der Waals surface area contributed by atoms with Crippen molar-refractivity contribution < 1.29 is 23.0 Å². The molecule has 22 heavy (non-hydrogen) atoms. The fourth-order valence-electron chi connectivity index (χ4n) is 2.09. The average Bonchev–Trinajstić information content (AvgIpc) is 2.88. The summed E-state index contributed by atoms with van der Waals surface area (Å²) in [6, 6.07) is 3.39. The number of hydrogen-bond donors (Lipinski definition) is 1. The Balaban J connectivity index is 2.19. The van der Waals surface area contributed by atoms with Crippen molar-refractivity contribution in [2.45, 2.75) is 39.1 Å². The maximum Gasteiger partial charge on any atom is 0.573 e. The number of rotatable bonds is 6. The van der Waals surface area contributed by atoms with Crippen LogP contribution >= 0.6 is 0 Å². The van der Waals surface area contributed by atoms with Crippen LogP contribution in [0, 0.1) is 0 Å². The van der Waals surface area contributed by atoms with Crippen LogP contribution in [0.25, 0.3) is 11.1 Å². The Morgan fingerprint density at radius 2 is 2.05 bits per heavy atom. The summed E-state index contributed by atoms with van der Waals surface area (Å²) < 4.78 is 42.3. The van der Waals surface area contributed by atoms with Crippen LogP contribution in [0.5, 0.6) is 11.5 Å². The van der Waals surface area contributed by atoms with Gasteiger partial charge in [0, 0.05) is 23.9 Å². The van der Waals surface area contributed by atoms with Crippen molar-refractivity contribution in [3.8, 4) is 22.6 Å². The van der Waals surface area contributed by atoms with Gasteiger partial charge in [-0.15, -0.1) is 13.2 Å². The Morgan fingerprint density at radius 1 is 1.27 bits per heavy atom. The molecule has 4 nitrogen and oxygen atoms in total. The van der Waals surface area contributed by atoms with Crippen LogP contribution in [-0.2, 0) is 6.54 Å². The molecular weight excluding hydrogens is 297 g/mol. The standard InChI is InChI=1S/C15H17F3N2O2/c1-2-3-4-7-20-10-11(9-19-20)13-8-12(5-6-14(13)21)22-15(16,17)18/h5-6,8-10,21H,2-4,7H2,1H3. The predicted octanol–water partition coefficient (Wildman–Crippen LogP) is 4.34. The second-order valence-electron chi connectivity index (χ2n) is 4.93. The first kappa shape index (κ1) is 16.2. The summed E-state index contributed by atoms with van der Waals surface area (Å²) in [5, 5.41) is 14.0. The van der Waals surface area contributed by atoms with Gasteiger partial charge >= 0.3 is 6.36 Å². The van der Waals surface area contributed by atoms with Crippen molar-refractivity contribution in [2.24, 2.45) is 0 Å². The summed E-state index contributed by atoms with van der Waals surface area (Å²) in [6.45, 7) is 2.83. The Hall–Kier alpha value is -2.18. The molecule has 0 spiro atoms. The largest absolute Gasteiger partial charge is 0.573 e. The molecule has 1 aromatic heterocycles. The fourth-order valence-corrected chi connectivity index (χ4v) is 2.09. The third kappa shape index (κ3) is 4.41. The predicted molar refractivity (Wildman–Crippen MR) is 75.5 cm³/mol. The van der Waals surface area contributed by atoms with E-state index in [0.717, 1.165) is 37.9 Å². The van der Waals surface area contributed by atoms with E-state index in [1.54, 1.807) is 10.9 Å². The number of halogens is 3. The molecule has 0 saturated carbocycles. The zero-order valence-corrected chi connectivity index (χ0v) is 12.1. The molecule has 0 saturated heterocycles. The van der Waals surface area contributed by atoms with E-state index in [1.165, 1.54) is 12.3 Å². The van der Waals surface area contributed by atoms with Crippen molar-refractivity contribution in [3.05, 3.63) is 30.6 Å². The van der Waals surface area contributed by atoms with Gasteiger partial charge in [0.1, 0.15) is 11.5 Å². The summed E-state index contributed by atoms with van der Waals surface area (Å²) >= 11 is 0. The molecule has 0 atom stereocenters. The second-order valence-corrected chi connectivity index (χ2v) is 4.93. The monoisotopic (exact) mass is 314 g/mol. The zero-order valence-electron chi connectivity index (χ0n) is 12.1. The first-order chi connectivity index (χ1) is 10.4. The Morgan fingerprint density at radius 3 is 2.73 bits per heavy atom. The minimum Gasteiger partial charge on any atom is -0.507 e. The minimum atomic E-state index is -4.77. The third-order valence-corrected chi connectivity index (χ3v) is 3.14. The summed E-state index contributed by atoms with van der Waals surface area (Å²) in [5.74, 6) is -0.498. The van der Waals surface area contributed by atoms with Gasteiger partial charge in [-0.05, 0) is 24.6 Å². The molecule has 2 aromatic rings. The molecule has 0 unspecified atom stereocenters. The Bertz CT molecular complexity index is 623. The number of hydrogen-bond acceptors (Lipinski definition) is 3. The molecule has 1 heterocycles. The van der Waals surface area contributed by atoms with Crippen molar-refractivity contribution in [1.29, 1.82) is 0 Å². The molecule has 0 radical (unpaired) electrons. The molecule has 1 N–H and O–H groups in total. The lowest BCUT2D eigenvalue weighted by molar-refractivity contribution is -0.274. The summed E-state index contributed by atoms with van der Waals surface area (Å²) in [5.41, 5.74) is 0.796. The maximum absolute atomic E-state index is 12.3. The van der Waals surface area contributed by atoms with Gasteiger partial charge in [-0.1, -0.05) is 19.8 Å². The molecule has 0 amide bonds. The quantitative estimate of drug-likeness (QED) is 0.807. The lowest BCUT2D eigenvalue weighted by atomic mass is 10.1.